The van der Waals surface area contributed by atoms with Crippen molar-refractivity contribution in [2.75, 3.05) is 18.4 Å². The maximum Gasteiger partial charge on any atom is 0.221 e. The summed E-state index contributed by atoms with van der Waals surface area (Å²) in [5, 5.41) is 6.88. The molecule has 1 amide bonds. The Labute approximate surface area is 144 Å². The van der Waals surface area contributed by atoms with Gasteiger partial charge in [-0.3, -0.25) is 4.79 Å². The van der Waals surface area contributed by atoms with Crippen molar-refractivity contribution in [1.82, 2.24) is 5.32 Å². The Morgan fingerprint density at radius 1 is 1.09 bits per heavy atom. The van der Waals surface area contributed by atoms with Crippen LogP contribution >= 0.6 is 23.2 Å². The van der Waals surface area contributed by atoms with E-state index < -0.39 is 0 Å². The fraction of sp³-hybridized carbons (Fsp3) is 0.235. The first kappa shape index (κ1) is 17.6. The lowest BCUT2D eigenvalue weighted by molar-refractivity contribution is -0.120. The Morgan fingerprint density at radius 2 is 1.87 bits per heavy atom. The van der Waals surface area contributed by atoms with Crippen LogP contribution in [0.1, 0.15) is 12.0 Å². The minimum Gasteiger partial charge on any atom is -0.382 e. The summed E-state index contributed by atoms with van der Waals surface area (Å²) in [7, 11) is 0. The van der Waals surface area contributed by atoms with Crippen LogP contribution in [0.2, 0.25) is 10.0 Å². The van der Waals surface area contributed by atoms with Crippen molar-refractivity contribution in [1.29, 1.82) is 0 Å². The first-order valence-corrected chi connectivity index (χ1v) is 8.01. The van der Waals surface area contributed by atoms with Gasteiger partial charge in [-0.1, -0.05) is 41.4 Å². The fourth-order valence-electron chi connectivity index (χ4n) is 2.06. The zero-order valence-corrected chi connectivity index (χ0v) is 13.9. The van der Waals surface area contributed by atoms with E-state index in [0.717, 1.165) is 5.56 Å². The standard InChI is InChI=1S/C17H17Cl2FN2O/c18-13-6-5-12(14(19)11-13)7-9-22-17(23)8-10-21-16-4-2-1-3-15(16)20/h1-6,11,21H,7-10H2,(H,22,23). The first-order chi connectivity index (χ1) is 11.1. The third kappa shape index (κ3) is 5.73. The van der Waals surface area contributed by atoms with Gasteiger partial charge >= 0.3 is 0 Å². The summed E-state index contributed by atoms with van der Waals surface area (Å²) in [6.07, 6.45) is 0.894. The zero-order valence-electron chi connectivity index (χ0n) is 12.4. The number of rotatable bonds is 7. The highest BCUT2D eigenvalue weighted by Crippen LogP contribution is 2.21. The van der Waals surface area contributed by atoms with Crippen LogP contribution in [0.5, 0.6) is 0 Å². The summed E-state index contributed by atoms with van der Waals surface area (Å²) in [5.41, 5.74) is 1.33. The number of hydrogen-bond acceptors (Lipinski definition) is 2. The molecule has 0 fully saturated rings. The lowest BCUT2D eigenvalue weighted by atomic mass is 10.1. The molecule has 122 valence electrons. The van der Waals surface area contributed by atoms with Gasteiger partial charge in [0.05, 0.1) is 5.69 Å². The zero-order chi connectivity index (χ0) is 16.7. The Kier molecular flexibility index (Phi) is 6.68. The highest BCUT2D eigenvalue weighted by molar-refractivity contribution is 6.35. The van der Waals surface area contributed by atoms with Gasteiger partial charge in [0.25, 0.3) is 0 Å². The second kappa shape index (κ2) is 8.75. The maximum atomic E-state index is 13.4. The van der Waals surface area contributed by atoms with Crippen molar-refractivity contribution in [2.24, 2.45) is 0 Å². The summed E-state index contributed by atoms with van der Waals surface area (Å²) in [6.45, 7) is 0.856. The molecule has 0 aliphatic carbocycles. The first-order valence-electron chi connectivity index (χ1n) is 7.25. The number of benzene rings is 2. The second-order valence-electron chi connectivity index (χ2n) is 4.99. The number of halogens is 3. The van der Waals surface area contributed by atoms with Gasteiger partial charge in [-0.25, -0.2) is 4.39 Å². The molecular formula is C17H17Cl2FN2O. The van der Waals surface area contributed by atoms with E-state index in [1.54, 1.807) is 30.3 Å². The van der Waals surface area contributed by atoms with Crippen LogP contribution in [0.4, 0.5) is 10.1 Å². The van der Waals surface area contributed by atoms with Gasteiger partial charge < -0.3 is 10.6 Å². The van der Waals surface area contributed by atoms with Gasteiger partial charge in [0, 0.05) is 29.6 Å². The average Bonchev–Trinajstić information content (AvgIpc) is 2.51. The van der Waals surface area contributed by atoms with Gasteiger partial charge in [0.15, 0.2) is 0 Å². The van der Waals surface area contributed by atoms with E-state index in [1.807, 2.05) is 6.07 Å². The summed E-state index contributed by atoms with van der Waals surface area (Å²) in [6, 6.07) is 11.7. The fourth-order valence-corrected chi connectivity index (χ4v) is 2.57. The molecule has 3 nitrogen and oxygen atoms in total. The molecule has 23 heavy (non-hydrogen) atoms. The SMILES string of the molecule is O=C(CCNc1ccccc1F)NCCc1ccc(Cl)cc1Cl. The molecule has 0 atom stereocenters. The van der Waals surface area contributed by atoms with Crippen molar-refractivity contribution in [2.45, 2.75) is 12.8 Å². The molecule has 0 aliphatic heterocycles. The topological polar surface area (TPSA) is 41.1 Å². The lowest BCUT2D eigenvalue weighted by Crippen LogP contribution is -2.27. The molecule has 2 aromatic carbocycles. The van der Waals surface area contributed by atoms with Crippen molar-refractivity contribution < 1.29 is 9.18 Å². The second-order valence-corrected chi connectivity index (χ2v) is 5.84. The molecule has 0 aromatic heterocycles. The minimum absolute atomic E-state index is 0.0982. The average molecular weight is 355 g/mol. The van der Waals surface area contributed by atoms with Gasteiger partial charge in [-0.05, 0) is 36.2 Å². The normalized spacial score (nSPS) is 10.4. The van der Waals surface area contributed by atoms with Gasteiger partial charge in [-0.2, -0.15) is 0 Å². The van der Waals surface area contributed by atoms with Crippen LogP contribution in [0.3, 0.4) is 0 Å². The van der Waals surface area contributed by atoms with Gasteiger partial charge in [0.1, 0.15) is 5.82 Å². The molecule has 0 unspecified atom stereocenters. The molecule has 0 aliphatic rings. The number of para-hydroxylation sites is 1. The van der Waals surface area contributed by atoms with E-state index in [1.165, 1.54) is 6.07 Å². The summed E-state index contributed by atoms with van der Waals surface area (Å²) < 4.78 is 13.4. The molecule has 2 rings (SSSR count). The van der Waals surface area contributed by atoms with Crippen LogP contribution in [-0.4, -0.2) is 19.0 Å². The number of anilines is 1. The smallest absolute Gasteiger partial charge is 0.221 e. The lowest BCUT2D eigenvalue weighted by Gasteiger charge is -2.09. The van der Waals surface area contributed by atoms with Crippen LogP contribution in [0, 0.1) is 5.82 Å². The van der Waals surface area contributed by atoms with Crippen molar-refractivity contribution in [3.8, 4) is 0 Å². The third-order valence-corrected chi connectivity index (χ3v) is 3.86. The third-order valence-electron chi connectivity index (χ3n) is 3.27. The maximum absolute atomic E-state index is 13.4. The van der Waals surface area contributed by atoms with E-state index in [-0.39, 0.29) is 18.1 Å². The monoisotopic (exact) mass is 354 g/mol. The molecule has 0 saturated carbocycles. The van der Waals surface area contributed by atoms with E-state index in [9.17, 15) is 9.18 Å². The Bertz CT molecular complexity index is 679. The highest BCUT2D eigenvalue weighted by atomic mass is 35.5. The molecule has 6 heteroatoms. The molecule has 2 aromatic rings. The van der Waals surface area contributed by atoms with E-state index in [4.69, 9.17) is 23.2 Å². The number of carbonyl (C=O) groups excluding carboxylic acids is 1. The van der Waals surface area contributed by atoms with Crippen LogP contribution in [0.15, 0.2) is 42.5 Å². The van der Waals surface area contributed by atoms with Gasteiger partial charge in [0.2, 0.25) is 5.91 Å². The van der Waals surface area contributed by atoms with Crippen LogP contribution in [0.25, 0.3) is 0 Å². The largest absolute Gasteiger partial charge is 0.382 e. The van der Waals surface area contributed by atoms with Crippen molar-refractivity contribution in [3.63, 3.8) is 0 Å². The quantitative estimate of drug-likeness (QED) is 0.778. The van der Waals surface area contributed by atoms with Crippen molar-refractivity contribution in [3.05, 3.63) is 63.9 Å². The van der Waals surface area contributed by atoms with E-state index in [0.29, 0.717) is 35.2 Å². The highest BCUT2D eigenvalue weighted by Gasteiger charge is 2.05. The molecular weight excluding hydrogens is 338 g/mol. The number of nitrogens with one attached hydrogen (secondary N) is 2. The molecule has 0 radical (unpaired) electrons. The summed E-state index contributed by atoms with van der Waals surface area (Å²) in [5.74, 6) is -0.427. The molecule has 0 heterocycles. The Hall–Kier alpha value is -1.78. The predicted molar refractivity (Wildman–Crippen MR) is 92.7 cm³/mol. The Morgan fingerprint density at radius 3 is 2.61 bits per heavy atom. The number of amides is 1. The number of carbonyl (C=O) groups is 1. The van der Waals surface area contributed by atoms with E-state index in [2.05, 4.69) is 10.6 Å². The summed E-state index contributed by atoms with van der Waals surface area (Å²) in [4.78, 5) is 11.7. The molecule has 0 bridgehead atoms. The predicted octanol–water partition coefficient (Wildman–Crippen LogP) is 4.29. The molecule has 2 N–H and O–H groups in total. The van der Waals surface area contributed by atoms with Crippen LogP contribution in [-0.2, 0) is 11.2 Å². The molecule has 0 spiro atoms. The number of hydrogen-bond donors (Lipinski definition) is 2. The van der Waals surface area contributed by atoms with Gasteiger partial charge in [-0.15, -0.1) is 0 Å². The van der Waals surface area contributed by atoms with Crippen molar-refractivity contribution >= 4 is 34.8 Å². The summed E-state index contributed by atoms with van der Waals surface area (Å²) >= 11 is 11.9. The molecule has 0 saturated heterocycles. The Balaban J connectivity index is 1.68. The van der Waals surface area contributed by atoms with E-state index >= 15 is 0 Å². The minimum atomic E-state index is -0.328. The van der Waals surface area contributed by atoms with Crippen LogP contribution < -0.4 is 10.6 Å².